The lowest BCUT2D eigenvalue weighted by Crippen LogP contribution is -2.42. The largest absolute Gasteiger partial charge is 0.344 e. The molecule has 2 aliphatic carbocycles. The Labute approximate surface area is 125 Å². The van der Waals surface area contributed by atoms with Crippen LogP contribution < -0.4 is 0 Å². The van der Waals surface area contributed by atoms with E-state index in [1.54, 1.807) is 11.9 Å². The van der Waals surface area contributed by atoms with E-state index in [0.717, 1.165) is 19.3 Å². The Kier molecular flexibility index (Phi) is 3.59. The standard InChI is InChI=1S/C16H22N2O3/c1-3-4-7-17(2)12(19)9-18-15(20)13-10-5-6-11(8-10)14(13)16(18)21/h5-6,10-11,13-14H,3-4,7-9H2,1-2H3/t10-,11-,13-,14+/m0/s1. The summed E-state index contributed by atoms with van der Waals surface area (Å²) in [4.78, 5) is 39.9. The molecular formula is C16H22N2O3. The van der Waals surface area contributed by atoms with Crippen LogP contribution in [0.2, 0.25) is 0 Å². The number of rotatable bonds is 5. The highest BCUT2D eigenvalue weighted by molar-refractivity contribution is 6.08. The first-order valence-electron chi connectivity index (χ1n) is 7.82. The first-order valence-corrected chi connectivity index (χ1v) is 7.82. The number of unbranched alkanes of at least 4 members (excludes halogenated alkanes) is 1. The average molecular weight is 290 g/mol. The Morgan fingerprint density at radius 3 is 2.33 bits per heavy atom. The summed E-state index contributed by atoms with van der Waals surface area (Å²) in [6, 6.07) is 0. The maximum Gasteiger partial charge on any atom is 0.242 e. The number of imide groups is 1. The van der Waals surface area contributed by atoms with Crippen LogP contribution >= 0.6 is 0 Å². The van der Waals surface area contributed by atoms with Crippen molar-refractivity contribution in [1.82, 2.24) is 9.80 Å². The van der Waals surface area contributed by atoms with Crippen LogP contribution in [-0.2, 0) is 14.4 Å². The number of nitrogens with zero attached hydrogens (tertiary/aromatic N) is 2. The van der Waals surface area contributed by atoms with Gasteiger partial charge in [0.05, 0.1) is 11.8 Å². The van der Waals surface area contributed by atoms with Gasteiger partial charge in [-0.3, -0.25) is 19.3 Å². The van der Waals surface area contributed by atoms with Gasteiger partial charge in [-0.25, -0.2) is 0 Å². The molecule has 114 valence electrons. The van der Waals surface area contributed by atoms with Crippen molar-refractivity contribution in [3.05, 3.63) is 12.2 Å². The highest BCUT2D eigenvalue weighted by Gasteiger charge is 2.59. The summed E-state index contributed by atoms with van der Waals surface area (Å²) in [5.41, 5.74) is 0. The van der Waals surface area contributed by atoms with E-state index in [-0.39, 0.29) is 47.9 Å². The SMILES string of the molecule is CCCCN(C)C(=O)CN1C(=O)[C@@H]2[C@H](C1=O)[C@H]1C=C[C@H]2C1. The predicted octanol–water partition coefficient (Wildman–Crippen LogP) is 1.05. The minimum absolute atomic E-state index is 0.0929. The minimum Gasteiger partial charge on any atom is -0.344 e. The normalized spacial score (nSPS) is 33.0. The molecule has 1 aliphatic heterocycles. The monoisotopic (exact) mass is 290 g/mol. The van der Waals surface area contributed by atoms with Crippen molar-refractivity contribution < 1.29 is 14.4 Å². The Hall–Kier alpha value is -1.65. The first kappa shape index (κ1) is 14.3. The molecule has 0 aromatic heterocycles. The molecule has 1 saturated heterocycles. The van der Waals surface area contributed by atoms with Crippen LogP contribution in [0.1, 0.15) is 26.2 Å². The molecule has 4 atom stereocenters. The van der Waals surface area contributed by atoms with E-state index in [9.17, 15) is 14.4 Å². The minimum atomic E-state index is -0.207. The Balaban J connectivity index is 1.66. The highest BCUT2D eigenvalue weighted by Crippen LogP contribution is 2.52. The topological polar surface area (TPSA) is 57.7 Å². The molecule has 3 aliphatic rings. The zero-order valence-electron chi connectivity index (χ0n) is 12.6. The zero-order valence-corrected chi connectivity index (χ0v) is 12.6. The number of allylic oxidation sites excluding steroid dienone is 2. The fraction of sp³-hybridized carbons (Fsp3) is 0.688. The fourth-order valence-corrected chi connectivity index (χ4v) is 3.90. The smallest absolute Gasteiger partial charge is 0.242 e. The van der Waals surface area contributed by atoms with Crippen molar-refractivity contribution in [2.75, 3.05) is 20.1 Å². The van der Waals surface area contributed by atoms with Crippen LogP contribution in [0.25, 0.3) is 0 Å². The summed E-state index contributed by atoms with van der Waals surface area (Å²) in [5.74, 6) is -0.435. The Morgan fingerprint density at radius 2 is 1.81 bits per heavy atom. The van der Waals surface area contributed by atoms with E-state index in [4.69, 9.17) is 0 Å². The quantitative estimate of drug-likeness (QED) is 0.562. The number of hydrogen-bond donors (Lipinski definition) is 0. The lowest BCUT2D eigenvalue weighted by Gasteiger charge is -2.21. The molecule has 1 saturated carbocycles. The number of likely N-dealkylation sites (tertiary alicyclic amines) is 1. The third-order valence-electron chi connectivity index (χ3n) is 5.13. The van der Waals surface area contributed by atoms with Gasteiger partial charge in [0.2, 0.25) is 17.7 Å². The molecule has 21 heavy (non-hydrogen) atoms. The van der Waals surface area contributed by atoms with Crippen molar-refractivity contribution in [2.24, 2.45) is 23.7 Å². The molecule has 0 aromatic rings. The van der Waals surface area contributed by atoms with Gasteiger partial charge in [0.15, 0.2) is 0 Å². The van der Waals surface area contributed by atoms with Crippen molar-refractivity contribution in [2.45, 2.75) is 26.2 Å². The maximum absolute atomic E-state index is 12.5. The molecule has 0 N–H and O–H groups in total. The van der Waals surface area contributed by atoms with Crippen molar-refractivity contribution in [3.63, 3.8) is 0 Å². The number of likely N-dealkylation sites (N-methyl/N-ethyl adjacent to an activating group) is 1. The summed E-state index contributed by atoms with van der Waals surface area (Å²) >= 11 is 0. The lowest BCUT2D eigenvalue weighted by molar-refractivity contribution is -0.146. The zero-order chi connectivity index (χ0) is 15.1. The molecule has 5 nitrogen and oxygen atoms in total. The van der Waals surface area contributed by atoms with E-state index in [1.165, 1.54) is 4.90 Å². The molecule has 3 rings (SSSR count). The molecule has 5 heteroatoms. The lowest BCUT2D eigenvalue weighted by atomic mass is 9.85. The van der Waals surface area contributed by atoms with E-state index in [0.29, 0.717) is 6.54 Å². The third kappa shape index (κ3) is 2.19. The Bertz CT molecular complexity index is 484. The molecule has 1 heterocycles. The predicted molar refractivity (Wildman–Crippen MR) is 77.0 cm³/mol. The van der Waals surface area contributed by atoms with E-state index < -0.39 is 0 Å². The molecule has 0 spiro atoms. The van der Waals surface area contributed by atoms with Crippen LogP contribution in [0, 0.1) is 23.7 Å². The molecule has 0 radical (unpaired) electrons. The van der Waals surface area contributed by atoms with Gasteiger partial charge in [-0.1, -0.05) is 25.5 Å². The number of fused-ring (bicyclic) bond motifs is 5. The van der Waals surface area contributed by atoms with Gasteiger partial charge < -0.3 is 4.90 Å². The van der Waals surface area contributed by atoms with E-state index in [2.05, 4.69) is 19.1 Å². The summed E-state index contributed by atoms with van der Waals surface area (Å²) in [7, 11) is 1.73. The number of amides is 3. The van der Waals surface area contributed by atoms with Gasteiger partial charge in [-0.2, -0.15) is 0 Å². The van der Waals surface area contributed by atoms with Crippen LogP contribution in [0.3, 0.4) is 0 Å². The average Bonchev–Trinajstić information content (AvgIpc) is 3.14. The molecular weight excluding hydrogens is 268 g/mol. The summed E-state index contributed by atoms with van der Waals surface area (Å²) in [6.45, 7) is 2.64. The molecule has 2 bridgehead atoms. The van der Waals surface area contributed by atoms with E-state index in [1.807, 2.05) is 0 Å². The maximum atomic E-state index is 12.5. The van der Waals surface area contributed by atoms with Crippen molar-refractivity contribution >= 4 is 17.7 Å². The summed E-state index contributed by atoms with van der Waals surface area (Å²) in [5, 5.41) is 0. The van der Waals surface area contributed by atoms with E-state index >= 15 is 0 Å². The van der Waals surface area contributed by atoms with Crippen LogP contribution in [-0.4, -0.2) is 47.7 Å². The fourth-order valence-electron chi connectivity index (χ4n) is 3.90. The van der Waals surface area contributed by atoms with Crippen LogP contribution in [0.5, 0.6) is 0 Å². The second-order valence-electron chi connectivity index (χ2n) is 6.43. The Morgan fingerprint density at radius 1 is 1.24 bits per heavy atom. The third-order valence-corrected chi connectivity index (χ3v) is 5.13. The van der Waals surface area contributed by atoms with Gasteiger partial charge in [-0.15, -0.1) is 0 Å². The second-order valence-corrected chi connectivity index (χ2v) is 6.43. The number of hydrogen-bond acceptors (Lipinski definition) is 3. The van der Waals surface area contributed by atoms with Gasteiger partial charge in [0, 0.05) is 13.6 Å². The first-order chi connectivity index (χ1) is 10.0. The number of carbonyl (C=O) groups is 3. The second kappa shape index (κ2) is 5.28. The molecule has 0 aromatic carbocycles. The summed E-state index contributed by atoms with van der Waals surface area (Å²) < 4.78 is 0. The van der Waals surface area contributed by atoms with Crippen LogP contribution in [0.4, 0.5) is 0 Å². The van der Waals surface area contributed by atoms with Crippen molar-refractivity contribution in [1.29, 1.82) is 0 Å². The van der Waals surface area contributed by atoms with Crippen LogP contribution in [0.15, 0.2) is 12.2 Å². The van der Waals surface area contributed by atoms with Crippen molar-refractivity contribution in [3.8, 4) is 0 Å². The van der Waals surface area contributed by atoms with Gasteiger partial charge in [0.1, 0.15) is 6.54 Å². The molecule has 0 unspecified atom stereocenters. The van der Waals surface area contributed by atoms with Gasteiger partial charge >= 0.3 is 0 Å². The molecule has 2 fully saturated rings. The summed E-state index contributed by atoms with van der Waals surface area (Å²) in [6.07, 6.45) is 7.00. The highest BCUT2D eigenvalue weighted by atomic mass is 16.2. The van der Waals surface area contributed by atoms with Gasteiger partial charge in [0.25, 0.3) is 0 Å². The number of carbonyl (C=O) groups excluding carboxylic acids is 3. The van der Waals surface area contributed by atoms with Gasteiger partial charge in [-0.05, 0) is 24.7 Å². The molecule has 3 amide bonds.